The van der Waals surface area contributed by atoms with Gasteiger partial charge in [0.05, 0.1) is 5.69 Å². The maximum absolute atomic E-state index is 12.3. The summed E-state index contributed by atoms with van der Waals surface area (Å²) in [6.07, 6.45) is 3.25. The van der Waals surface area contributed by atoms with Crippen LogP contribution in [0.3, 0.4) is 0 Å². The standard InChI is InChI=1S/C14H12N2O4S/c17-9-11-4-5-14(20-11)21(18,19)16-13-3-1-2-10-8-15-7-6-12(10)13/h1-8,16-17H,9H2. The van der Waals surface area contributed by atoms with Crippen molar-refractivity contribution in [1.29, 1.82) is 0 Å². The van der Waals surface area contributed by atoms with E-state index in [4.69, 9.17) is 9.52 Å². The zero-order valence-electron chi connectivity index (χ0n) is 10.9. The maximum Gasteiger partial charge on any atom is 0.295 e. The summed E-state index contributed by atoms with van der Waals surface area (Å²) in [7, 11) is -3.84. The van der Waals surface area contributed by atoms with Crippen LogP contribution < -0.4 is 4.72 Å². The second kappa shape index (κ2) is 5.19. The Bertz CT molecular complexity index is 881. The average molecular weight is 304 g/mol. The Morgan fingerprint density at radius 3 is 2.81 bits per heavy atom. The Morgan fingerprint density at radius 2 is 2.05 bits per heavy atom. The van der Waals surface area contributed by atoms with E-state index >= 15 is 0 Å². The fourth-order valence-corrected chi connectivity index (χ4v) is 3.03. The van der Waals surface area contributed by atoms with Crippen LogP contribution in [0.15, 0.2) is 58.3 Å². The molecule has 0 saturated carbocycles. The molecule has 0 radical (unpaired) electrons. The number of aliphatic hydroxyl groups excluding tert-OH is 1. The molecule has 21 heavy (non-hydrogen) atoms. The monoisotopic (exact) mass is 304 g/mol. The molecule has 2 aromatic heterocycles. The van der Waals surface area contributed by atoms with Gasteiger partial charge in [0.1, 0.15) is 12.4 Å². The van der Waals surface area contributed by atoms with Crippen LogP contribution in [0, 0.1) is 0 Å². The zero-order chi connectivity index (χ0) is 14.9. The Kier molecular flexibility index (Phi) is 3.36. The number of aromatic nitrogens is 1. The van der Waals surface area contributed by atoms with Crippen molar-refractivity contribution in [3.05, 3.63) is 54.6 Å². The van der Waals surface area contributed by atoms with Gasteiger partial charge in [0.25, 0.3) is 10.0 Å². The molecule has 0 aliphatic rings. The highest BCUT2D eigenvalue weighted by atomic mass is 32.2. The lowest BCUT2D eigenvalue weighted by Crippen LogP contribution is -2.12. The second-order valence-corrected chi connectivity index (χ2v) is 6.00. The molecular weight excluding hydrogens is 292 g/mol. The molecule has 3 aromatic rings. The average Bonchev–Trinajstić information content (AvgIpc) is 2.97. The van der Waals surface area contributed by atoms with Gasteiger partial charge in [-0.1, -0.05) is 12.1 Å². The third-order valence-electron chi connectivity index (χ3n) is 2.98. The molecule has 6 nitrogen and oxygen atoms in total. The highest BCUT2D eigenvalue weighted by Crippen LogP contribution is 2.25. The lowest BCUT2D eigenvalue weighted by Gasteiger charge is -2.08. The molecule has 1 aromatic carbocycles. The summed E-state index contributed by atoms with van der Waals surface area (Å²) < 4.78 is 32.1. The van der Waals surface area contributed by atoms with Crippen molar-refractivity contribution >= 4 is 26.5 Å². The van der Waals surface area contributed by atoms with Crippen LogP contribution in [0.5, 0.6) is 0 Å². The molecule has 0 spiro atoms. The van der Waals surface area contributed by atoms with E-state index < -0.39 is 10.0 Å². The molecule has 0 unspecified atom stereocenters. The number of aliphatic hydroxyl groups is 1. The first kappa shape index (κ1) is 13.6. The smallest absolute Gasteiger partial charge is 0.295 e. The molecule has 0 saturated heterocycles. The van der Waals surface area contributed by atoms with Gasteiger partial charge in [-0.25, -0.2) is 0 Å². The molecule has 2 N–H and O–H groups in total. The fourth-order valence-electron chi connectivity index (χ4n) is 1.99. The summed E-state index contributed by atoms with van der Waals surface area (Å²) in [4.78, 5) is 4.00. The summed E-state index contributed by atoms with van der Waals surface area (Å²) in [5.74, 6) is 0.192. The van der Waals surface area contributed by atoms with Crippen molar-refractivity contribution in [3.8, 4) is 0 Å². The third-order valence-corrected chi connectivity index (χ3v) is 4.22. The van der Waals surface area contributed by atoms with Crippen LogP contribution >= 0.6 is 0 Å². The zero-order valence-corrected chi connectivity index (χ0v) is 11.7. The first-order valence-corrected chi connectivity index (χ1v) is 7.63. The summed E-state index contributed by atoms with van der Waals surface area (Å²) in [5, 5.41) is 10.3. The first-order valence-electron chi connectivity index (χ1n) is 6.15. The molecular formula is C14H12N2O4S. The van der Waals surface area contributed by atoms with Crippen LogP contribution in [0.1, 0.15) is 5.76 Å². The lowest BCUT2D eigenvalue weighted by molar-refractivity contribution is 0.236. The number of nitrogens with one attached hydrogen (secondary N) is 1. The van der Waals surface area contributed by atoms with E-state index in [0.29, 0.717) is 5.69 Å². The number of hydrogen-bond acceptors (Lipinski definition) is 5. The van der Waals surface area contributed by atoms with E-state index in [-0.39, 0.29) is 17.5 Å². The number of pyridine rings is 1. The summed E-state index contributed by atoms with van der Waals surface area (Å²) in [5.41, 5.74) is 0.442. The van der Waals surface area contributed by atoms with Crippen molar-refractivity contribution in [2.45, 2.75) is 11.7 Å². The van der Waals surface area contributed by atoms with Gasteiger partial charge in [-0.3, -0.25) is 9.71 Å². The number of sulfonamides is 1. The lowest BCUT2D eigenvalue weighted by atomic mass is 10.1. The van der Waals surface area contributed by atoms with Crippen LogP contribution in [0.4, 0.5) is 5.69 Å². The molecule has 2 heterocycles. The molecule has 0 bridgehead atoms. The van der Waals surface area contributed by atoms with Gasteiger partial charge in [0.2, 0.25) is 5.09 Å². The first-order chi connectivity index (χ1) is 10.1. The van der Waals surface area contributed by atoms with E-state index in [1.54, 1.807) is 30.6 Å². The van der Waals surface area contributed by atoms with Crippen LogP contribution in [-0.2, 0) is 16.6 Å². The predicted octanol–water partition coefficient (Wildman–Crippen LogP) is 2.12. The van der Waals surface area contributed by atoms with Crippen molar-refractivity contribution in [3.63, 3.8) is 0 Å². The number of benzene rings is 1. The minimum absolute atomic E-state index is 0.192. The highest BCUT2D eigenvalue weighted by molar-refractivity contribution is 7.92. The SMILES string of the molecule is O=S(=O)(Nc1cccc2cnccc12)c1ccc(CO)o1. The normalized spacial score (nSPS) is 11.7. The quantitative estimate of drug-likeness (QED) is 0.770. The molecule has 108 valence electrons. The predicted molar refractivity (Wildman–Crippen MR) is 77.2 cm³/mol. The molecule has 3 rings (SSSR count). The van der Waals surface area contributed by atoms with Crippen LogP contribution in [-0.4, -0.2) is 18.5 Å². The van der Waals surface area contributed by atoms with E-state index in [0.717, 1.165) is 10.8 Å². The van der Waals surface area contributed by atoms with E-state index in [1.165, 1.54) is 12.1 Å². The van der Waals surface area contributed by atoms with E-state index in [9.17, 15) is 8.42 Å². The minimum atomic E-state index is -3.84. The third kappa shape index (κ3) is 2.61. The largest absolute Gasteiger partial charge is 0.445 e. The number of furan rings is 1. The Balaban J connectivity index is 2.01. The van der Waals surface area contributed by atoms with Gasteiger partial charge in [-0.15, -0.1) is 0 Å². The second-order valence-electron chi connectivity index (χ2n) is 4.39. The van der Waals surface area contributed by atoms with Gasteiger partial charge < -0.3 is 9.52 Å². The summed E-state index contributed by atoms with van der Waals surface area (Å²) in [6.45, 7) is -0.352. The molecule has 0 fully saturated rings. The summed E-state index contributed by atoms with van der Waals surface area (Å²) in [6, 6.07) is 9.70. The van der Waals surface area contributed by atoms with Gasteiger partial charge >= 0.3 is 0 Å². The summed E-state index contributed by atoms with van der Waals surface area (Å²) >= 11 is 0. The Labute approximate surface area is 121 Å². The molecule has 0 aliphatic heterocycles. The number of hydrogen-bond donors (Lipinski definition) is 2. The van der Waals surface area contributed by atoms with Crippen molar-refractivity contribution in [2.24, 2.45) is 0 Å². The van der Waals surface area contributed by atoms with Gasteiger partial charge in [-0.2, -0.15) is 8.42 Å². The van der Waals surface area contributed by atoms with Gasteiger partial charge in [0.15, 0.2) is 0 Å². The van der Waals surface area contributed by atoms with E-state index in [2.05, 4.69) is 9.71 Å². The highest BCUT2D eigenvalue weighted by Gasteiger charge is 2.19. The number of anilines is 1. The van der Waals surface area contributed by atoms with Crippen molar-refractivity contribution < 1.29 is 17.9 Å². The topological polar surface area (TPSA) is 92.4 Å². The Morgan fingerprint density at radius 1 is 1.19 bits per heavy atom. The van der Waals surface area contributed by atoms with Gasteiger partial charge in [-0.05, 0) is 24.3 Å². The van der Waals surface area contributed by atoms with Crippen LogP contribution in [0.25, 0.3) is 10.8 Å². The van der Waals surface area contributed by atoms with E-state index in [1.807, 2.05) is 6.07 Å². The van der Waals surface area contributed by atoms with Crippen molar-refractivity contribution in [2.75, 3.05) is 4.72 Å². The molecule has 0 atom stereocenters. The van der Waals surface area contributed by atoms with Crippen molar-refractivity contribution in [1.82, 2.24) is 4.98 Å². The van der Waals surface area contributed by atoms with Gasteiger partial charge in [0, 0.05) is 23.2 Å². The maximum atomic E-state index is 12.3. The number of rotatable bonds is 4. The fraction of sp³-hybridized carbons (Fsp3) is 0.0714. The number of nitrogens with zero attached hydrogens (tertiary/aromatic N) is 1. The molecule has 7 heteroatoms. The minimum Gasteiger partial charge on any atom is -0.445 e. The number of fused-ring (bicyclic) bond motifs is 1. The molecule has 0 amide bonds. The molecule has 0 aliphatic carbocycles. The van der Waals surface area contributed by atoms with Crippen LogP contribution in [0.2, 0.25) is 0 Å². The Hall–Kier alpha value is -2.38.